The summed E-state index contributed by atoms with van der Waals surface area (Å²) in [7, 11) is 0. The summed E-state index contributed by atoms with van der Waals surface area (Å²) in [6, 6.07) is 5.60. The van der Waals surface area contributed by atoms with E-state index in [0.29, 0.717) is 23.1 Å². The van der Waals surface area contributed by atoms with Crippen molar-refractivity contribution in [3.05, 3.63) is 47.7 Å². The number of piperidine rings is 2. The molecule has 5 fully saturated rings. The third-order valence-electron chi connectivity index (χ3n) is 9.90. The van der Waals surface area contributed by atoms with E-state index in [0.717, 1.165) is 19.4 Å². The zero-order valence-corrected chi connectivity index (χ0v) is 24.2. The second-order valence-electron chi connectivity index (χ2n) is 12.7. The lowest BCUT2D eigenvalue weighted by Gasteiger charge is -2.46. The van der Waals surface area contributed by atoms with Gasteiger partial charge >= 0.3 is 6.01 Å². The van der Waals surface area contributed by atoms with Gasteiger partial charge in [-0.2, -0.15) is 9.97 Å². The number of anilines is 1. The molecule has 45 heavy (non-hydrogen) atoms. The maximum atomic E-state index is 16.7. The fraction of sp³-hybridized carbons (Fsp3) is 0.424. The highest BCUT2D eigenvalue weighted by Crippen LogP contribution is 2.43. The number of fused-ring (bicyclic) bond motifs is 6. The smallest absolute Gasteiger partial charge is 0.319 e. The van der Waals surface area contributed by atoms with Crippen LogP contribution in [0.1, 0.15) is 31.2 Å². The van der Waals surface area contributed by atoms with Crippen LogP contribution >= 0.6 is 0 Å². The van der Waals surface area contributed by atoms with Crippen LogP contribution in [0, 0.1) is 24.0 Å². The molecule has 7 heterocycles. The molecule has 5 aliphatic rings. The molecule has 8 nitrogen and oxygen atoms in total. The molecule has 4 aromatic rings. The molecule has 4 atom stereocenters. The van der Waals surface area contributed by atoms with E-state index in [1.165, 1.54) is 30.5 Å². The van der Waals surface area contributed by atoms with Crippen LogP contribution in [0.5, 0.6) is 11.8 Å². The summed E-state index contributed by atoms with van der Waals surface area (Å²) in [4.78, 5) is 17.6. The largest absolute Gasteiger partial charge is 0.508 e. The first kappa shape index (κ1) is 28.3. The van der Waals surface area contributed by atoms with Gasteiger partial charge in [-0.05, 0) is 36.4 Å². The Morgan fingerprint density at radius 1 is 1.09 bits per heavy atom. The Kier molecular flexibility index (Phi) is 6.55. The number of hydrogen-bond donors (Lipinski definition) is 2. The summed E-state index contributed by atoms with van der Waals surface area (Å²) in [5.41, 5.74) is -1.07. The molecule has 0 saturated carbocycles. The molecule has 232 valence electrons. The highest BCUT2D eigenvalue weighted by molar-refractivity contribution is 6.03. The monoisotopic (exact) mass is 618 g/mol. The van der Waals surface area contributed by atoms with Gasteiger partial charge in [0.05, 0.1) is 16.5 Å². The summed E-state index contributed by atoms with van der Waals surface area (Å²) >= 11 is 0. The van der Waals surface area contributed by atoms with Gasteiger partial charge < -0.3 is 20.1 Å². The third kappa shape index (κ3) is 4.55. The molecule has 4 unspecified atom stereocenters. The molecule has 5 aliphatic heterocycles. The molecule has 5 saturated heterocycles. The molecule has 0 aliphatic carbocycles. The van der Waals surface area contributed by atoms with E-state index in [2.05, 4.69) is 26.1 Å². The molecule has 2 aromatic heterocycles. The van der Waals surface area contributed by atoms with Crippen molar-refractivity contribution in [2.75, 3.05) is 37.7 Å². The Balaban J connectivity index is 1.28. The standard InChI is InChI=1S/C33H30F4N6O2/c1-2-23-26(36)6-3-17-7-22(44)8-24(27(17)23)29-28(37)30-25(12-39-29)31(43-15-20-4-5-21(43)11-38-20)41-32(40-30)45-16-33-9-18(34)13-42(33)14-19(35)10-33/h1,3,6-8,12,18-21,38,44H,4-5,9-11,13-16H2. The van der Waals surface area contributed by atoms with Crippen molar-refractivity contribution in [3.8, 4) is 35.4 Å². The number of alkyl halides is 2. The predicted molar refractivity (Wildman–Crippen MR) is 161 cm³/mol. The average molecular weight is 619 g/mol. The van der Waals surface area contributed by atoms with Crippen molar-refractivity contribution in [2.24, 2.45) is 0 Å². The van der Waals surface area contributed by atoms with Crippen LogP contribution < -0.4 is 15.0 Å². The number of aromatic nitrogens is 3. The van der Waals surface area contributed by atoms with Crippen LogP contribution in [0.15, 0.2) is 30.5 Å². The van der Waals surface area contributed by atoms with Gasteiger partial charge in [0.15, 0.2) is 5.82 Å². The minimum absolute atomic E-state index is 0.0477. The van der Waals surface area contributed by atoms with Crippen molar-refractivity contribution in [1.29, 1.82) is 0 Å². The number of hydrogen-bond acceptors (Lipinski definition) is 8. The van der Waals surface area contributed by atoms with E-state index in [-0.39, 0.29) is 84.1 Å². The average Bonchev–Trinajstić information content (AvgIpc) is 3.50. The summed E-state index contributed by atoms with van der Waals surface area (Å²) in [5.74, 6) is 1.14. The molecular weight excluding hydrogens is 588 g/mol. The second-order valence-corrected chi connectivity index (χ2v) is 12.7. The van der Waals surface area contributed by atoms with Gasteiger partial charge in [-0.15, -0.1) is 6.42 Å². The van der Waals surface area contributed by atoms with Crippen LogP contribution in [0.3, 0.4) is 0 Å². The Bertz CT molecular complexity index is 1880. The quantitative estimate of drug-likeness (QED) is 0.247. The van der Waals surface area contributed by atoms with E-state index >= 15 is 4.39 Å². The number of halogens is 4. The van der Waals surface area contributed by atoms with Crippen LogP contribution in [0.4, 0.5) is 23.4 Å². The molecule has 2 aromatic carbocycles. The number of piperazine rings is 1. The minimum atomic E-state index is -1.09. The van der Waals surface area contributed by atoms with E-state index < -0.39 is 29.5 Å². The van der Waals surface area contributed by atoms with Crippen molar-refractivity contribution in [2.45, 2.75) is 55.6 Å². The molecule has 2 N–H and O–H groups in total. The Morgan fingerprint density at radius 3 is 2.58 bits per heavy atom. The van der Waals surface area contributed by atoms with Crippen molar-refractivity contribution < 1.29 is 27.4 Å². The molecule has 9 rings (SSSR count). The minimum Gasteiger partial charge on any atom is -0.508 e. The number of phenolic OH excluding ortho intramolecular Hbond substituents is 1. The van der Waals surface area contributed by atoms with Crippen LogP contribution in [-0.4, -0.2) is 87.7 Å². The maximum Gasteiger partial charge on any atom is 0.319 e. The maximum absolute atomic E-state index is 16.7. The number of rotatable bonds is 5. The Hall–Kier alpha value is -4.21. The SMILES string of the molecule is C#Cc1c(F)ccc2cc(O)cc(-c3ncc4c(N5CC6CCC5CN6)nc(OCC56CC(F)CN5CC(F)C6)nc4c3F)c12. The number of phenols is 1. The second kappa shape index (κ2) is 10.4. The zero-order chi connectivity index (χ0) is 31.0. The van der Waals surface area contributed by atoms with Crippen LogP contribution in [-0.2, 0) is 0 Å². The number of aromatic hydroxyl groups is 1. The number of nitrogens with one attached hydrogen (secondary N) is 1. The van der Waals surface area contributed by atoms with Crippen molar-refractivity contribution >= 4 is 27.5 Å². The number of terminal acetylenes is 1. The lowest BCUT2D eigenvalue weighted by molar-refractivity contribution is 0.107. The lowest BCUT2D eigenvalue weighted by Crippen LogP contribution is -2.61. The highest BCUT2D eigenvalue weighted by atomic mass is 19.1. The summed E-state index contributed by atoms with van der Waals surface area (Å²) in [6.45, 7) is 1.61. The van der Waals surface area contributed by atoms with Gasteiger partial charge in [0.2, 0.25) is 0 Å². The van der Waals surface area contributed by atoms with Gasteiger partial charge in [-0.3, -0.25) is 9.88 Å². The van der Waals surface area contributed by atoms with E-state index in [1.807, 2.05) is 0 Å². The zero-order valence-electron chi connectivity index (χ0n) is 24.2. The van der Waals surface area contributed by atoms with Gasteiger partial charge in [-0.25, -0.2) is 17.6 Å². The van der Waals surface area contributed by atoms with E-state index in [4.69, 9.17) is 16.1 Å². The topological polar surface area (TPSA) is 86.6 Å². The van der Waals surface area contributed by atoms with Gasteiger partial charge in [-0.1, -0.05) is 12.0 Å². The molecular formula is C33H30F4N6O2. The van der Waals surface area contributed by atoms with Crippen LogP contribution in [0.25, 0.3) is 32.9 Å². The number of pyridine rings is 1. The fourth-order valence-electron chi connectivity index (χ4n) is 7.86. The third-order valence-corrected chi connectivity index (χ3v) is 9.90. The van der Waals surface area contributed by atoms with Gasteiger partial charge in [0.25, 0.3) is 0 Å². The predicted octanol–water partition coefficient (Wildman–Crippen LogP) is 4.65. The van der Waals surface area contributed by atoms with Crippen molar-refractivity contribution in [1.82, 2.24) is 25.2 Å². The number of nitrogens with zero attached hydrogens (tertiary/aromatic N) is 5. The summed E-state index contributed by atoms with van der Waals surface area (Å²) < 4.78 is 66.5. The number of ether oxygens (including phenoxy) is 1. The van der Waals surface area contributed by atoms with Gasteiger partial charge in [0.1, 0.15) is 47.5 Å². The van der Waals surface area contributed by atoms with E-state index in [9.17, 15) is 18.3 Å². The molecule has 2 bridgehead atoms. The first-order chi connectivity index (χ1) is 21.7. The highest BCUT2D eigenvalue weighted by Gasteiger charge is 2.53. The summed E-state index contributed by atoms with van der Waals surface area (Å²) in [6.07, 6.45) is 7.16. The van der Waals surface area contributed by atoms with Crippen LogP contribution in [0.2, 0.25) is 0 Å². The van der Waals surface area contributed by atoms with Crippen molar-refractivity contribution in [3.63, 3.8) is 0 Å². The van der Waals surface area contributed by atoms with Gasteiger partial charge in [0, 0.05) is 68.3 Å². The van der Waals surface area contributed by atoms with E-state index in [1.54, 1.807) is 4.90 Å². The molecule has 12 heteroatoms. The lowest BCUT2D eigenvalue weighted by atomic mass is 9.92. The first-order valence-corrected chi connectivity index (χ1v) is 15.2. The molecule has 0 spiro atoms. The first-order valence-electron chi connectivity index (χ1n) is 15.2. The molecule has 0 amide bonds. The number of benzene rings is 2. The fourth-order valence-corrected chi connectivity index (χ4v) is 7.86. The Morgan fingerprint density at radius 2 is 1.89 bits per heavy atom. The summed E-state index contributed by atoms with van der Waals surface area (Å²) in [5, 5.41) is 15.0. The Labute approximate surface area is 256 Å². The molecule has 0 radical (unpaired) electrons. The normalized spacial score (nSPS) is 27.8.